The van der Waals surface area contributed by atoms with Gasteiger partial charge in [-0.25, -0.2) is 4.39 Å². The second kappa shape index (κ2) is 13.4. The molecule has 0 radical (unpaired) electrons. The number of nitrogen functional groups attached to an aromatic ring is 1. The Hall–Kier alpha value is -1.55. The molecule has 1 aliphatic rings. The van der Waals surface area contributed by atoms with Crippen LogP contribution in [0.5, 0.6) is 11.5 Å². The number of piperidine rings is 1. The zero-order chi connectivity index (χ0) is 23.1. The molecule has 1 amide bonds. The molecule has 2 aromatic rings. The van der Waals surface area contributed by atoms with E-state index in [9.17, 15) is 9.18 Å². The van der Waals surface area contributed by atoms with E-state index in [1.54, 1.807) is 25.3 Å². The number of nitrogens with one attached hydrogen (secondary N) is 1. The smallest absolute Gasteiger partial charge is 1.00 e. The van der Waals surface area contributed by atoms with Gasteiger partial charge in [-0.1, -0.05) is 11.6 Å². The maximum atomic E-state index is 12.9. The monoisotopic (exact) mass is 489 g/mol. The molecule has 1 fully saturated rings. The van der Waals surface area contributed by atoms with Crippen molar-refractivity contribution in [2.75, 3.05) is 46.2 Å². The molecule has 176 valence electrons. The van der Waals surface area contributed by atoms with Gasteiger partial charge in [0, 0.05) is 32.8 Å². The number of anilines is 1. The molecular formula is C23H30ClFN3NaO4. The zero-order valence-corrected chi connectivity index (χ0v) is 22.0. The Balaban J connectivity index is 0.00000289. The first-order valence-corrected chi connectivity index (χ1v) is 10.9. The Kier molecular flexibility index (Phi) is 11.2. The molecule has 2 aromatic carbocycles. The number of nitrogens with two attached hydrogens (primary N) is 1. The minimum atomic E-state index is -0.282. The Bertz CT molecular complexity index is 926. The van der Waals surface area contributed by atoms with E-state index in [2.05, 4.69) is 10.2 Å². The van der Waals surface area contributed by atoms with E-state index in [1.165, 1.54) is 25.3 Å². The summed E-state index contributed by atoms with van der Waals surface area (Å²) in [4.78, 5) is 15.1. The maximum Gasteiger partial charge on any atom is 1.00 e. The first-order valence-electron chi connectivity index (χ1n) is 10.5. The van der Waals surface area contributed by atoms with Gasteiger partial charge in [-0.05, 0) is 43.2 Å². The van der Waals surface area contributed by atoms with Crippen LogP contribution in [0.2, 0.25) is 5.02 Å². The summed E-state index contributed by atoms with van der Waals surface area (Å²) in [5.74, 6) is 0.463. The summed E-state index contributed by atoms with van der Waals surface area (Å²) in [6.45, 7) is 2.89. The van der Waals surface area contributed by atoms with Crippen molar-refractivity contribution in [2.24, 2.45) is 0 Å². The van der Waals surface area contributed by atoms with Gasteiger partial charge >= 0.3 is 29.6 Å². The summed E-state index contributed by atoms with van der Waals surface area (Å²) in [5, 5.41) is 3.35. The van der Waals surface area contributed by atoms with Crippen LogP contribution in [-0.2, 0) is 4.74 Å². The minimum absolute atomic E-state index is 0. The zero-order valence-electron chi connectivity index (χ0n) is 20.3. The number of likely N-dealkylation sites (tertiary alicyclic amines) is 1. The van der Waals surface area contributed by atoms with Crippen LogP contribution in [0.4, 0.5) is 10.1 Å². The summed E-state index contributed by atoms with van der Waals surface area (Å²) in [6.07, 6.45) is 1.42. The van der Waals surface area contributed by atoms with Crippen molar-refractivity contribution >= 4 is 23.2 Å². The third-order valence-electron chi connectivity index (χ3n) is 5.53. The molecule has 3 rings (SSSR count). The number of hydrogen-bond acceptors (Lipinski definition) is 6. The van der Waals surface area contributed by atoms with Crippen LogP contribution >= 0.6 is 11.6 Å². The number of hydrogen-bond donors (Lipinski definition) is 2. The van der Waals surface area contributed by atoms with Gasteiger partial charge in [0.05, 0.1) is 42.1 Å². The predicted molar refractivity (Wildman–Crippen MR) is 123 cm³/mol. The summed E-state index contributed by atoms with van der Waals surface area (Å²) < 4.78 is 29.5. The van der Waals surface area contributed by atoms with Gasteiger partial charge in [0.1, 0.15) is 17.3 Å². The maximum absolute atomic E-state index is 12.9. The van der Waals surface area contributed by atoms with Crippen molar-refractivity contribution in [3.63, 3.8) is 0 Å². The third-order valence-corrected chi connectivity index (χ3v) is 5.85. The number of rotatable bonds is 9. The fraction of sp³-hybridized carbons (Fsp3) is 0.435. The van der Waals surface area contributed by atoms with Gasteiger partial charge in [0.2, 0.25) is 0 Å². The Morgan fingerprint density at radius 2 is 2.03 bits per heavy atom. The Labute approximate surface area is 222 Å². The molecule has 0 unspecified atom stereocenters. The molecule has 0 saturated carbocycles. The average molecular weight is 490 g/mol. The van der Waals surface area contributed by atoms with Gasteiger partial charge < -0.3 is 31.6 Å². The molecule has 33 heavy (non-hydrogen) atoms. The van der Waals surface area contributed by atoms with E-state index in [0.29, 0.717) is 40.9 Å². The van der Waals surface area contributed by atoms with Gasteiger partial charge in [-0.3, -0.25) is 4.79 Å². The van der Waals surface area contributed by atoms with Crippen LogP contribution in [-0.4, -0.2) is 63.4 Å². The molecular weight excluding hydrogens is 460 g/mol. The van der Waals surface area contributed by atoms with Gasteiger partial charge in [0.25, 0.3) is 5.91 Å². The fourth-order valence-electron chi connectivity index (χ4n) is 3.76. The molecule has 1 heterocycles. The van der Waals surface area contributed by atoms with Crippen LogP contribution in [0, 0.1) is 5.82 Å². The van der Waals surface area contributed by atoms with E-state index < -0.39 is 0 Å². The van der Waals surface area contributed by atoms with Crippen LogP contribution in [0.15, 0.2) is 36.4 Å². The molecule has 0 aromatic heterocycles. The molecule has 1 aliphatic heterocycles. The number of ether oxygens (including phenoxy) is 3. The first-order chi connectivity index (χ1) is 15.4. The Morgan fingerprint density at radius 3 is 2.70 bits per heavy atom. The van der Waals surface area contributed by atoms with Gasteiger partial charge in [-0.15, -0.1) is 0 Å². The van der Waals surface area contributed by atoms with Crippen molar-refractivity contribution in [3.05, 3.63) is 52.8 Å². The SMILES string of the molecule is COc1cc(N)c(Cl)cc1C(=O)N[C@H]1CCN(CCCOc2ccc(F)cc2)C[C@@H]1OC.[H-].[Na+]. The largest absolute Gasteiger partial charge is 1.00 e. The van der Waals surface area contributed by atoms with Crippen LogP contribution in [0.1, 0.15) is 24.6 Å². The molecule has 3 N–H and O–H groups in total. The number of nitrogens with zero attached hydrogens (tertiary/aromatic N) is 1. The van der Waals surface area contributed by atoms with E-state index in [4.69, 9.17) is 31.5 Å². The second-order valence-electron chi connectivity index (χ2n) is 7.67. The van der Waals surface area contributed by atoms with E-state index in [1.807, 2.05) is 0 Å². The van der Waals surface area contributed by atoms with E-state index in [0.717, 1.165) is 25.9 Å². The minimum Gasteiger partial charge on any atom is -1.00 e. The summed E-state index contributed by atoms with van der Waals surface area (Å²) in [7, 11) is 3.13. The molecule has 0 aliphatic carbocycles. The number of carbonyl (C=O) groups excluding carboxylic acids is 1. The second-order valence-corrected chi connectivity index (χ2v) is 8.08. The van der Waals surface area contributed by atoms with Crippen LogP contribution < -0.4 is 50.1 Å². The van der Waals surface area contributed by atoms with Crippen molar-refractivity contribution in [2.45, 2.75) is 25.0 Å². The van der Waals surface area contributed by atoms with E-state index in [-0.39, 0.29) is 54.9 Å². The normalized spacial score (nSPS) is 18.3. The Morgan fingerprint density at radius 1 is 1.30 bits per heavy atom. The van der Waals surface area contributed by atoms with Crippen molar-refractivity contribution < 1.29 is 54.4 Å². The van der Waals surface area contributed by atoms with Crippen molar-refractivity contribution in [1.82, 2.24) is 10.2 Å². The van der Waals surface area contributed by atoms with Crippen molar-refractivity contribution in [1.29, 1.82) is 0 Å². The molecule has 0 spiro atoms. The molecule has 1 saturated heterocycles. The topological polar surface area (TPSA) is 86.0 Å². The van der Waals surface area contributed by atoms with Crippen molar-refractivity contribution in [3.8, 4) is 11.5 Å². The summed E-state index contributed by atoms with van der Waals surface area (Å²) in [5.41, 5.74) is 6.49. The number of amides is 1. The summed E-state index contributed by atoms with van der Waals surface area (Å²) in [6, 6.07) is 8.92. The number of benzene rings is 2. The van der Waals surface area contributed by atoms with Gasteiger partial charge in [0.15, 0.2) is 0 Å². The summed E-state index contributed by atoms with van der Waals surface area (Å²) >= 11 is 6.09. The fourth-order valence-corrected chi connectivity index (χ4v) is 3.92. The predicted octanol–water partition coefficient (Wildman–Crippen LogP) is 0.475. The quantitative estimate of drug-likeness (QED) is 0.303. The third kappa shape index (κ3) is 7.73. The average Bonchev–Trinajstić information content (AvgIpc) is 2.80. The number of carbonyl (C=O) groups is 1. The number of halogens is 2. The van der Waals surface area contributed by atoms with Gasteiger partial charge in [-0.2, -0.15) is 0 Å². The van der Waals surface area contributed by atoms with Crippen LogP contribution in [0.25, 0.3) is 0 Å². The first kappa shape index (κ1) is 27.7. The molecule has 7 nitrogen and oxygen atoms in total. The number of methoxy groups -OCH3 is 2. The molecule has 2 atom stereocenters. The standard InChI is InChI=1S/C23H29ClFN3O4.Na.H/c1-30-21-13-19(26)18(24)12-17(21)23(29)27-20-8-10-28(14-22(20)31-2)9-3-11-32-16-6-4-15(25)5-7-16;;/h4-7,12-13,20,22H,3,8-11,14,26H2,1-2H3,(H,27,29);;/q;+1;-1/t20-,22-;;/m0../s1. The molecule has 10 heteroatoms. The van der Waals surface area contributed by atoms with E-state index >= 15 is 0 Å². The van der Waals surface area contributed by atoms with Crippen LogP contribution in [0.3, 0.4) is 0 Å². The molecule has 0 bridgehead atoms.